The zero-order valence-corrected chi connectivity index (χ0v) is 16.7. The fourth-order valence-electron chi connectivity index (χ4n) is 3.73. The minimum atomic E-state index is -4.38. The Hall–Kier alpha value is -3.36. The highest BCUT2D eigenvalue weighted by atomic mass is 19.4. The predicted molar refractivity (Wildman–Crippen MR) is 111 cm³/mol. The van der Waals surface area contributed by atoms with Crippen molar-refractivity contribution in [1.29, 1.82) is 0 Å². The minimum Gasteiger partial charge on any atom is -0.368 e. The highest BCUT2D eigenvalue weighted by Crippen LogP contribution is 2.31. The smallest absolute Gasteiger partial charge is 0.368 e. The van der Waals surface area contributed by atoms with E-state index < -0.39 is 11.7 Å². The van der Waals surface area contributed by atoms with Gasteiger partial charge in [-0.15, -0.1) is 0 Å². The molecule has 1 saturated heterocycles. The van der Waals surface area contributed by atoms with E-state index in [0.29, 0.717) is 55.0 Å². The van der Waals surface area contributed by atoms with E-state index in [-0.39, 0.29) is 17.9 Å². The van der Waals surface area contributed by atoms with Gasteiger partial charge in [-0.3, -0.25) is 9.59 Å². The highest BCUT2D eigenvalue weighted by molar-refractivity contribution is 5.78. The van der Waals surface area contributed by atoms with Gasteiger partial charge < -0.3 is 14.8 Å². The fraction of sp³-hybridized carbons (Fsp3) is 0.318. The number of H-pyrrole nitrogens is 1. The Bertz CT molecular complexity index is 1150. The fourth-order valence-corrected chi connectivity index (χ4v) is 3.73. The number of benzene rings is 2. The van der Waals surface area contributed by atoms with Gasteiger partial charge in [0.05, 0.1) is 16.5 Å². The third-order valence-corrected chi connectivity index (χ3v) is 5.41. The first kappa shape index (κ1) is 20.9. The number of amides is 1. The Kier molecular flexibility index (Phi) is 5.67. The number of aromatic amines is 1. The molecule has 0 unspecified atom stereocenters. The molecule has 162 valence electrons. The second kappa shape index (κ2) is 8.41. The molecule has 1 aromatic heterocycles. The molecule has 9 heteroatoms. The zero-order chi connectivity index (χ0) is 22.0. The molecule has 2 aromatic carbocycles. The molecule has 1 fully saturated rings. The van der Waals surface area contributed by atoms with Gasteiger partial charge in [0, 0.05) is 44.7 Å². The Balaban J connectivity index is 1.34. The molecule has 1 aliphatic heterocycles. The molecule has 0 aliphatic carbocycles. The number of para-hydroxylation sites is 1. The zero-order valence-electron chi connectivity index (χ0n) is 16.7. The van der Waals surface area contributed by atoms with E-state index in [2.05, 4.69) is 9.97 Å². The maximum atomic E-state index is 12.9. The SMILES string of the molecule is O=C(CCc1nc2ccccc2c(=O)[nH]1)N1CCN(c2cccc(C(F)(F)F)c2)CC1. The van der Waals surface area contributed by atoms with Crippen molar-refractivity contribution in [3.05, 3.63) is 70.3 Å². The van der Waals surface area contributed by atoms with Gasteiger partial charge in [0.25, 0.3) is 5.56 Å². The van der Waals surface area contributed by atoms with E-state index in [9.17, 15) is 22.8 Å². The first-order valence-electron chi connectivity index (χ1n) is 9.99. The summed E-state index contributed by atoms with van der Waals surface area (Å²) >= 11 is 0. The number of aromatic nitrogens is 2. The lowest BCUT2D eigenvalue weighted by molar-refractivity contribution is -0.137. The van der Waals surface area contributed by atoms with Crippen LogP contribution in [0.1, 0.15) is 17.8 Å². The molecular weight excluding hydrogens is 409 g/mol. The van der Waals surface area contributed by atoms with Crippen LogP contribution in [-0.4, -0.2) is 47.0 Å². The van der Waals surface area contributed by atoms with Gasteiger partial charge in [-0.05, 0) is 30.3 Å². The summed E-state index contributed by atoms with van der Waals surface area (Å²) in [6.45, 7) is 1.77. The Morgan fingerprint density at radius 3 is 2.52 bits per heavy atom. The quantitative estimate of drug-likeness (QED) is 0.690. The van der Waals surface area contributed by atoms with Gasteiger partial charge in [-0.1, -0.05) is 18.2 Å². The molecule has 1 aliphatic rings. The molecule has 6 nitrogen and oxygen atoms in total. The molecule has 0 saturated carbocycles. The summed E-state index contributed by atoms with van der Waals surface area (Å²) in [7, 11) is 0. The molecule has 0 radical (unpaired) electrons. The summed E-state index contributed by atoms with van der Waals surface area (Å²) in [6.07, 6.45) is -3.87. The molecule has 3 aromatic rings. The molecule has 31 heavy (non-hydrogen) atoms. The molecule has 2 heterocycles. The third-order valence-electron chi connectivity index (χ3n) is 5.41. The molecule has 0 bridgehead atoms. The van der Waals surface area contributed by atoms with Crippen LogP contribution in [0.5, 0.6) is 0 Å². The summed E-state index contributed by atoms with van der Waals surface area (Å²) in [4.78, 5) is 35.4. The van der Waals surface area contributed by atoms with Crippen LogP contribution >= 0.6 is 0 Å². The molecule has 1 N–H and O–H groups in total. The van der Waals surface area contributed by atoms with Crippen LogP contribution in [0.15, 0.2) is 53.3 Å². The van der Waals surface area contributed by atoms with E-state index in [1.807, 2.05) is 4.90 Å². The number of carbonyl (C=O) groups excluding carboxylic acids is 1. The Morgan fingerprint density at radius 1 is 1.03 bits per heavy atom. The van der Waals surface area contributed by atoms with Crippen molar-refractivity contribution in [3.63, 3.8) is 0 Å². The number of aryl methyl sites for hydroxylation is 1. The van der Waals surface area contributed by atoms with Crippen molar-refractivity contribution in [1.82, 2.24) is 14.9 Å². The van der Waals surface area contributed by atoms with Crippen LogP contribution in [0.4, 0.5) is 18.9 Å². The summed E-state index contributed by atoms with van der Waals surface area (Å²) in [6, 6.07) is 12.2. The van der Waals surface area contributed by atoms with Gasteiger partial charge >= 0.3 is 6.18 Å². The Labute approximate surface area is 176 Å². The number of fused-ring (bicyclic) bond motifs is 1. The van der Waals surface area contributed by atoms with Gasteiger partial charge in [0.1, 0.15) is 5.82 Å². The lowest BCUT2D eigenvalue weighted by atomic mass is 10.1. The molecule has 4 rings (SSSR count). The lowest BCUT2D eigenvalue weighted by Gasteiger charge is -2.36. The number of hydrogen-bond donors (Lipinski definition) is 1. The summed E-state index contributed by atoms with van der Waals surface area (Å²) in [5, 5.41) is 0.503. The summed E-state index contributed by atoms with van der Waals surface area (Å²) in [5.41, 5.74) is 0.173. The minimum absolute atomic E-state index is 0.0699. The van der Waals surface area contributed by atoms with Crippen LogP contribution in [0.3, 0.4) is 0 Å². The topological polar surface area (TPSA) is 69.3 Å². The van der Waals surface area contributed by atoms with Crippen LogP contribution in [-0.2, 0) is 17.4 Å². The van der Waals surface area contributed by atoms with Gasteiger partial charge in [-0.25, -0.2) is 4.98 Å². The first-order chi connectivity index (χ1) is 14.8. The van der Waals surface area contributed by atoms with Crippen LogP contribution in [0.25, 0.3) is 10.9 Å². The number of carbonyl (C=O) groups is 1. The van der Waals surface area contributed by atoms with E-state index in [0.717, 1.165) is 12.1 Å². The number of hydrogen-bond acceptors (Lipinski definition) is 4. The van der Waals surface area contributed by atoms with Crippen molar-refractivity contribution in [2.24, 2.45) is 0 Å². The van der Waals surface area contributed by atoms with Crippen molar-refractivity contribution in [2.45, 2.75) is 19.0 Å². The van der Waals surface area contributed by atoms with Crippen molar-refractivity contribution < 1.29 is 18.0 Å². The molecule has 0 spiro atoms. The van der Waals surface area contributed by atoms with Crippen LogP contribution in [0.2, 0.25) is 0 Å². The molecule has 0 atom stereocenters. The Morgan fingerprint density at radius 2 is 1.77 bits per heavy atom. The van der Waals surface area contributed by atoms with Crippen molar-refractivity contribution in [2.75, 3.05) is 31.1 Å². The average Bonchev–Trinajstić information content (AvgIpc) is 2.77. The average molecular weight is 430 g/mol. The number of nitrogens with zero attached hydrogens (tertiary/aromatic N) is 3. The van der Waals surface area contributed by atoms with Crippen molar-refractivity contribution >= 4 is 22.5 Å². The van der Waals surface area contributed by atoms with Gasteiger partial charge in [0.15, 0.2) is 0 Å². The van der Waals surface area contributed by atoms with E-state index in [4.69, 9.17) is 0 Å². The number of anilines is 1. The number of nitrogens with one attached hydrogen (secondary N) is 1. The maximum Gasteiger partial charge on any atom is 0.416 e. The maximum absolute atomic E-state index is 12.9. The predicted octanol–water partition coefficient (Wildman–Crippen LogP) is 3.22. The van der Waals surface area contributed by atoms with Gasteiger partial charge in [-0.2, -0.15) is 13.2 Å². The summed E-state index contributed by atoms with van der Waals surface area (Å²) < 4.78 is 38.8. The number of piperazine rings is 1. The standard InChI is InChI=1S/C22H21F3N4O2/c23-22(24,25)15-4-3-5-16(14-15)28-10-12-29(13-11-28)20(30)9-8-19-26-18-7-2-1-6-17(18)21(31)27-19/h1-7,14H,8-13H2,(H,26,27,31). The van der Waals surface area contributed by atoms with Crippen LogP contribution < -0.4 is 10.5 Å². The number of halogens is 3. The van der Waals surface area contributed by atoms with Gasteiger partial charge in [0.2, 0.25) is 5.91 Å². The number of alkyl halides is 3. The summed E-state index contributed by atoms with van der Waals surface area (Å²) in [5.74, 6) is 0.388. The van der Waals surface area contributed by atoms with Crippen LogP contribution in [0, 0.1) is 0 Å². The number of rotatable bonds is 4. The van der Waals surface area contributed by atoms with E-state index in [1.54, 1.807) is 35.2 Å². The van der Waals surface area contributed by atoms with E-state index >= 15 is 0 Å². The second-order valence-electron chi connectivity index (χ2n) is 7.45. The first-order valence-corrected chi connectivity index (χ1v) is 9.99. The van der Waals surface area contributed by atoms with Crippen molar-refractivity contribution in [3.8, 4) is 0 Å². The largest absolute Gasteiger partial charge is 0.416 e. The normalized spacial score (nSPS) is 14.8. The monoisotopic (exact) mass is 430 g/mol. The second-order valence-corrected chi connectivity index (χ2v) is 7.45. The third kappa shape index (κ3) is 4.70. The van der Waals surface area contributed by atoms with E-state index in [1.165, 1.54) is 6.07 Å². The molecular formula is C22H21F3N4O2. The highest BCUT2D eigenvalue weighted by Gasteiger charge is 2.31. The molecule has 1 amide bonds. The lowest BCUT2D eigenvalue weighted by Crippen LogP contribution is -2.48.